The van der Waals surface area contributed by atoms with E-state index < -0.39 is 0 Å². The highest BCUT2D eigenvalue weighted by Crippen LogP contribution is 2.31. The summed E-state index contributed by atoms with van der Waals surface area (Å²) in [4.78, 5) is 6.80. The van der Waals surface area contributed by atoms with Crippen molar-refractivity contribution >= 4 is 16.5 Å². The molecule has 1 aromatic carbocycles. The Kier molecular flexibility index (Phi) is 2.66. The van der Waals surface area contributed by atoms with E-state index in [-0.39, 0.29) is 0 Å². The molecular weight excluding hydrogens is 234 g/mol. The predicted octanol–water partition coefficient (Wildman–Crippen LogP) is 2.74. The quantitative estimate of drug-likeness (QED) is 0.892. The van der Waals surface area contributed by atoms with Gasteiger partial charge in [-0.25, -0.2) is 0 Å². The average Bonchev–Trinajstić information content (AvgIpc) is 2.85. The fraction of sp³-hybridized carbons (Fsp3) is 0.438. The molecule has 2 fully saturated rings. The van der Waals surface area contributed by atoms with Crippen molar-refractivity contribution < 1.29 is 0 Å². The van der Waals surface area contributed by atoms with Crippen molar-refractivity contribution in [1.29, 1.82) is 0 Å². The molecule has 2 saturated heterocycles. The van der Waals surface area contributed by atoms with Crippen molar-refractivity contribution in [1.82, 2.24) is 9.88 Å². The van der Waals surface area contributed by atoms with Crippen molar-refractivity contribution in [2.24, 2.45) is 5.92 Å². The fourth-order valence-corrected chi connectivity index (χ4v) is 3.59. The average molecular weight is 253 g/mol. The molecular formula is C16H19N3. The van der Waals surface area contributed by atoms with Crippen molar-refractivity contribution in [2.75, 3.05) is 25.0 Å². The van der Waals surface area contributed by atoms with Crippen LogP contribution in [0.25, 0.3) is 10.8 Å². The van der Waals surface area contributed by atoms with Gasteiger partial charge in [0.05, 0.1) is 0 Å². The zero-order valence-corrected chi connectivity index (χ0v) is 11.0. The lowest BCUT2D eigenvalue weighted by Gasteiger charge is -2.32. The van der Waals surface area contributed by atoms with Gasteiger partial charge in [-0.15, -0.1) is 0 Å². The van der Waals surface area contributed by atoms with E-state index in [2.05, 4.69) is 39.5 Å². The third-order valence-electron chi connectivity index (χ3n) is 4.66. The molecule has 3 unspecified atom stereocenters. The van der Waals surface area contributed by atoms with Gasteiger partial charge in [0.1, 0.15) is 0 Å². The summed E-state index contributed by atoms with van der Waals surface area (Å²) in [5.41, 5.74) is 1.27. The summed E-state index contributed by atoms with van der Waals surface area (Å²) in [7, 11) is 0. The van der Waals surface area contributed by atoms with Gasteiger partial charge >= 0.3 is 0 Å². The van der Waals surface area contributed by atoms with E-state index in [4.69, 9.17) is 0 Å². The number of rotatable bonds is 2. The first-order valence-electron chi connectivity index (χ1n) is 7.22. The van der Waals surface area contributed by atoms with E-state index >= 15 is 0 Å². The minimum absolute atomic E-state index is 0.637. The number of hydrogen-bond donors (Lipinski definition) is 1. The fourth-order valence-electron chi connectivity index (χ4n) is 3.59. The van der Waals surface area contributed by atoms with Gasteiger partial charge in [-0.05, 0) is 37.4 Å². The van der Waals surface area contributed by atoms with Crippen LogP contribution in [0.2, 0.25) is 0 Å². The van der Waals surface area contributed by atoms with Crippen molar-refractivity contribution in [2.45, 2.75) is 18.9 Å². The van der Waals surface area contributed by atoms with Crippen LogP contribution in [0.15, 0.2) is 36.7 Å². The summed E-state index contributed by atoms with van der Waals surface area (Å²) >= 11 is 0. The number of hydrogen-bond acceptors (Lipinski definition) is 3. The lowest BCUT2D eigenvalue weighted by atomic mass is 9.93. The molecule has 0 spiro atoms. The van der Waals surface area contributed by atoms with E-state index in [1.165, 1.54) is 48.9 Å². The minimum atomic E-state index is 0.637. The van der Waals surface area contributed by atoms with Crippen LogP contribution in [0.3, 0.4) is 0 Å². The summed E-state index contributed by atoms with van der Waals surface area (Å²) in [5.74, 6) is 0.825. The van der Waals surface area contributed by atoms with E-state index in [1.54, 1.807) is 0 Å². The summed E-state index contributed by atoms with van der Waals surface area (Å²) in [6, 6.07) is 9.20. The number of pyridine rings is 1. The molecule has 1 aromatic heterocycles. The molecule has 2 aliphatic rings. The molecule has 3 atom stereocenters. The molecule has 3 nitrogen and oxygen atoms in total. The second-order valence-corrected chi connectivity index (χ2v) is 5.79. The Labute approximate surface area is 113 Å². The Morgan fingerprint density at radius 1 is 1.16 bits per heavy atom. The third-order valence-corrected chi connectivity index (χ3v) is 4.66. The number of nitrogens with one attached hydrogen (secondary N) is 1. The SMILES string of the molecule is c1cc(NC2CCN3CCC2C3)c2ccncc2c1. The Morgan fingerprint density at radius 3 is 3.11 bits per heavy atom. The number of nitrogens with zero attached hydrogens (tertiary/aromatic N) is 2. The molecule has 2 aromatic rings. The van der Waals surface area contributed by atoms with Crippen LogP contribution in [0.4, 0.5) is 5.69 Å². The topological polar surface area (TPSA) is 28.2 Å². The van der Waals surface area contributed by atoms with Gasteiger partial charge in [0.2, 0.25) is 0 Å². The van der Waals surface area contributed by atoms with Crippen LogP contribution < -0.4 is 5.32 Å². The number of fused-ring (bicyclic) bond motifs is 3. The Bertz CT molecular complexity index is 590. The molecule has 2 bridgehead atoms. The maximum Gasteiger partial charge on any atom is 0.0423 e. The number of anilines is 1. The lowest BCUT2D eigenvalue weighted by molar-refractivity contribution is 0.255. The molecule has 3 heterocycles. The van der Waals surface area contributed by atoms with E-state index in [0.717, 1.165) is 5.92 Å². The zero-order valence-electron chi connectivity index (χ0n) is 11.0. The molecule has 0 aliphatic carbocycles. The maximum absolute atomic E-state index is 4.20. The van der Waals surface area contributed by atoms with Crippen molar-refractivity contribution in [3.63, 3.8) is 0 Å². The molecule has 0 radical (unpaired) electrons. The highest BCUT2D eigenvalue weighted by atomic mass is 15.2. The third kappa shape index (κ3) is 1.98. The molecule has 4 rings (SSSR count). The lowest BCUT2D eigenvalue weighted by Crippen LogP contribution is -2.39. The van der Waals surface area contributed by atoms with Gasteiger partial charge < -0.3 is 10.2 Å². The van der Waals surface area contributed by atoms with E-state index in [1.807, 2.05) is 12.4 Å². The molecule has 0 saturated carbocycles. The smallest absolute Gasteiger partial charge is 0.0423 e. The van der Waals surface area contributed by atoms with Gasteiger partial charge in [0.15, 0.2) is 0 Å². The molecule has 3 heteroatoms. The van der Waals surface area contributed by atoms with Gasteiger partial charge in [0, 0.05) is 48.0 Å². The first-order valence-corrected chi connectivity index (χ1v) is 7.22. The second kappa shape index (κ2) is 4.49. The Balaban J connectivity index is 1.64. The summed E-state index contributed by atoms with van der Waals surface area (Å²) in [6.45, 7) is 3.83. The molecule has 19 heavy (non-hydrogen) atoms. The summed E-state index contributed by atoms with van der Waals surface area (Å²) in [6.07, 6.45) is 6.44. The normalized spacial score (nSPS) is 29.6. The molecule has 1 N–H and O–H groups in total. The maximum atomic E-state index is 4.20. The number of piperidine rings is 1. The van der Waals surface area contributed by atoms with Crippen LogP contribution in [0, 0.1) is 5.92 Å². The first-order chi connectivity index (χ1) is 9.40. The van der Waals surface area contributed by atoms with Crippen LogP contribution in [-0.4, -0.2) is 35.6 Å². The highest BCUT2D eigenvalue weighted by molar-refractivity contribution is 5.93. The minimum Gasteiger partial charge on any atom is -0.381 e. The van der Waals surface area contributed by atoms with Crippen LogP contribution in [0.5, 0.6) is 0 Å². The van der Waals surface area contributed by atoms with Gasteiger partial charge in [-0.1, -0.05) is 12.1 Å². The Hall–Kier alpha value is -1.61. The largest absolute Gasteiger partial charge is 0.381 e. The molecule has 98 valence electrons. The van der Waals surface area contributed by atoms with E-state index in [9.17, 15) is 0 Å². The molecule has 2 aliphatic heterocycles. The van der Waals surface area contributed by atoms with Crippen LogP contribution >= 0.6 is 0 Å². The van der Waals surface area contributed by atoms with Crippen LogP contribution in [0.1, 0.15) is 12.8 Å². The van der Waals surface area contributed by atoms with Crippen LogP contribution in [-0.2, 0) is 0 Å². The summed E-state index contributed by atoms with van der Waals surface area (Å²) in [5, 5.41) is 6.31. The highest BCUT2D eigenvalue weighted by Gasteiger charge is 2.34. The van der Waals surface area contributed by atoms with E-state index in [0.29, 0.717) is 6.04 Å². The van der Waals surface area contributed by atoms with Gasteiger partial charge in [-0.2, -0.15) is 0 Å². The number of benzene rings is 1. The first kappa shape index (κ1) is 11.2. The predicted molar refractivity (Wildman–Crippen MR) is 78.3 cm³/mol. The van der Waals surface area contributed by atoms with Gasteiger partial charge in [0.25, 0.3) is 0 Å². The second-order valence-electron chi connectivity index (χ2n) is 5.79. The van der Waals surface area contributed by atoms with Crippen molar-refractivity contribution in [3.8, 4) is 0 Å². The van der Waals surface area contributed by atoms with Crippen molar-refractivity contribution in [3.05, 3.63) is 36.7 Å². The molecule has 0 amide bonds. The number of aromatic nitrogens is 1. The summed E-state index contributed by atoms with van der Waals surface area (Å²) < 4.78 is 0. The zero-order chi connectivity index (χ0) is 12.7. The Morgan fingerprint density at radius 2 is 2.11 bits per heavy atom. The standard InChI is InChI=1S/C16H19N3/c1-2-12-10-17-7-4-14(12)16(3-1)18-15-6-9-19-8-5-13(15)11-19/h1-4,7,10,13,15,18H,5-6,8-9,11H2. The monoisotopic (exact) mass is 253 g/mol. The van der Waals surface area contributed by atoms with Gasteiger partial charge in [-0.3, -0.25) is 4.98 Å².